The number of unbranched alkanes of at least 4 members (excludes halogenated alkanes) is 20. The first-order valence-corrected chi connectivity index (χ1v) is 29.6. The van der Waals surface area contributed by atoms with Gasteiger partial charge >= 0.3 is 0 Å². The van der Waals surface area contributed by atoms with Crippen molar-refractivity contribution in [3.63, 3.8) is 0 Å². The zero-order valence-electron chi connectivity index (χ0n) is 45.9. The Balaban J connectivity index is 1.31. The van der Waals surface area contributed by atoms with Crippen LogP contribution in [0.1, 0.15) is 252 Å². The minimum atomic E-state index is 0.0195. The Labute approximate surface area is 428 Å². The number of hydrogen-bond donors (Lipinski definition) is 0. The van der Waals surface area contributed by atoms with Crippen molar-refractivity contribution in [3.8, 4) is 33.4 Å². The molecule has 6 aromatic carbocycles. The average molecular weight is 936 g/mol. The molecular formula is C70H94. The standard InChI is InChI=1S/C70H94/c1-9-13-17-21-25-33-45-69(46-34-26-22-18-14-10-2)63-49-51(5)55-37-29-31-39-59(55)65(63)61-43-41-57(53(7)67(61)69)58-42-44-62-66-60-40-32-30-38-56(60)52(6)50-64(66)70(68(62)54(58)8,47-35-27-23-19-15-11-3)48-36-28-24-20-16-12-4/h29-32,37-44,49-50H,9-28,33-36,45-48H2,1-8H3. The summed E-state index contributed by atoms with van der Waals surface area (Å²) in [5.41, 5.74) is 21.7. The van der Waals surface area contributed by atoms with Gasteiger partial charge in [-0.2, -0.15) is 0 Å². The zero-order chi connectivity index (χ0) is 49.1. The van der Waals surface area contributed by atoms with Crippen LogP contribution in [-0.2, 0) is 10.8 Å². The van der Waals surface area contributed by atoms with Crippen molar-refractivity contribution in [2.75, 3.05) is 0 Å². The summed E-state index contributed by atoms with van der Waals surface area (Å²) in [7, 11) is 0. The molecule has 0 aliphatic heterocycles. The lowest BCUT2D eigenvalue weighted by molar-refractivity contribution is 0.396. The second kappa shape index (κ2) is 24.5. The lowest BCUT2D eigenvalue weighted by Crippen LogP contribution is -2.27. The van der Waals surface area contributed by atoms with Crippen molar-refractivity contribution < 1.29 is 0 Å². The van der Waals surface area contributed by atoms with E-state index in [0.717, 1.165) is 0 Å². The quantitative estimate of drug-likeness (QED) is 0.0411. The van der Waals surface area contributed by atoms with Gasteiger partial charge in [-0.15, -0.1) is 0 Å². The Morgan fingerprint density at radius 2 is 0.571 bits per heavy atom. The van der Waals surface area contributed by atoms with Crippen LogP contribution in [-0.4, -0.2) is 0 Å². The van der Waals surface area contributed by atoms with Gasteiger partial charge in [0.2, 0.25) is 0 Å². The van der Waals surface area contributed by atoms with Crippen molar-refractivity contribution >= 4 is 21.5 Å². The summed E-state index contributed by atoms with van der Waals surface area (Å²) in [6.45, 7) is 19.3. The molecule has 0 spiro atoms. The molecule has 0 radical (unpaired) electrons. The van der Waals surface area contributed by atoms with Crippen molar-refractivity contribution in [1.82, 2.24) is 0 Å². The van der Waals surface area contributed by atoms with E-state index in [0.29, 0.717) is 0 Å². The molecule has 0 heterocycles. The van der Waals surface area contributed by atoms with Crippen LogP contribution in [0.15, 0.2) is 84.9 Å². The molecule has 0 aromatic heterocycles. The molecule has 0 nitrogen and oxygen atoms in total. The Hall–Kier alpha value is -4.16. The highest BCUT2D eigenvalue weighted by Crippen LogP contribution is 2.61. The Morgan fingerprint density at radius 1 is 0.300 bits per heavy atom. The molecule has 70 heavy (non-hydrogen) atoms. The third-order valence-corrected chi connectivity index (χ3v) is 18.1. The number of rotatable bonds is 29. The Kier molecular flexibility index (Phi) is 18.3. The highest BCUT2D eigenvalue weighted by molar-refractivity contribution is 6.06. The van der Waals surface area contributed by atoms with Gasteiger partial charge in [-0.3, -0.25) is 0 Å². The van der Waals surface area contributed by atoms with Gasteiger partial charge < -0.3 is 0 Å². The smallest absolute Gasteiger partial charge is 0.0218 e. The Bertz CT molecular complexity index is 2450. The van der Waals surface area contributed by atoms with Crippen molar-refractivity contribution in [3.05, 3.63) is 129 Å². The Morgan fingerprint density at radius 3 is 0.886 bits per heavy atom. The van der Waals surface area contributed by atoms with Gasteiger partial charge in [0.1, 0.15) is 0 Å². The minimum absolute atomic E-state index is 0.0195. The molecule has 2 aliphatic rings. The van der Waals surface area contributed by atoms with E-state index in [4.69, 9.17) is 0 Å². The van der Waals surface area contributed by atoms with E-state index in [2.05, 4.69) is 140 Å². The SMILES string of the molecule is CCCCCCCCC1(CCCCCCCC)c2cc(C)c3ccccc3c2-c2ccc(-c3ccc4c(c3C)C(CCCCCCCC)(CCCCCCCC)c3cc(C)c5ccccc5c3-4)c(C)c21. The maximum atomic E-state index is 2.67. The third-order valence-electron chi connectivity index (χ3n) is 18.1. The predicted molar refractivity (Wildman–Crippen MR) is 310 cm³/mol. The van der Waals surface area contributed by atoms with Gasteiger partial charge in [-0.1, -0.05) is 267 Å². The van der Waals surface area contributed by atoms with Gasteiger partial charge in [0.05, 0.1) is 0 Å². The molecule has 0 fully saturated rings. The summed E-state index contributed by atoms with van der Waals surface area (Å²) in [5, 5.41) is 5.77. The maximum absolute atomic E-state index is 2.67. The molecule has 6 aromatic rings. The summed E-state index contributed by atoms with van der Waals surface area (Å²) in [6.07, 6.45) is 37.2. The maximum Gasteiger partial charge on any atom is 0.0218 e. The summed E-state index contributed by atoms with van der Waals surface area (Å²) >= 11 is 0. The summed E-state index contributed by atoms with van der Waals surface area (Å²) in [4.78, 5) is 0. The van der Waals surface area contributed by atoms with Crippen LogP contribution in [0.5, 0.6) is 0 Å². The molecule has 0 atom stereocenters. The molecule has 8 rings (SSSR count). The minimum Gasteiger partial charge on any atom is -0.0654 e. The predicted octanol–water partition coefficient (Wildman–Crippen LogP) is 22.4. The number of fused-ring (bicyclic) bond motifs is 10. The van der Waals surface area contributed by atoms with E-state index in [9.17, 15) is 0 Å². The second-order valence-corrected chi connectivity index (χ2v) is 22.9. The zero-order valence-corrected chi connectivity index (χ0v) is 45.9. The van der Waals surface area contributed by atoms with E-state index < -0.39 is 0 Å². The van der Waals surface area contributed by atoms with Crippen LogP contribution in [0, 0.1) is 27.7 Å². The molecule has 0 unspecified atom stereocenters. The normalized spacial score (nSPS) is 14.1. The van der Waals surface area contributed by atoms with Gasteiger partial charge in [-0.05, 0) is 153 Å². The number of aryl methyl sites for hydroxylation is 2. The first-order valence-electron chi connectivity index (χ1n) is 29.6. The average Bonchev–Trinajstić information content (AvgIpc) is 3.81. The van der Waals surface area contributed by atoms with Crippen LogP contribution < -0.4 is 0 Å². The summed E-state index contributed by atoms with van der Waals surface area (Å²) < 4.78 is 0. The highest BCUT2D eigenvalue weighted by atomic mass is 14.5. The van der Waals surface area contributed by atoms with Crippen LogP contribution >= 0.6 is 0 Å². The number of benzene rings is 6. The molecule has 0 amide bonds. The molecule has 374 valence electrons. The van der Waals surface area contributed by atoms with Gasteiger partial charge in [0.25, 0.3) is 0 Å². The van der Waals surface area contributed by atoms with Crippen molar-refractivity contribution in [1.29, 1.82) is 0 Å². The fourth-order valence-electron chi connectivity index (χ4n) is 14.5. The first-order chi connectivity index (χ1) is 34.3. The monoisotopic (exact) mass is 935 g/mol. The second-order valence-electron chi connectivity index (χ2n) is 22.9. The third kappa shape index (κ3) is 10.4. The molecule has 0 saturated carbocycles. The van der Waals surface area contributed by atoms with E-state index in [1.807, 2.05) is 0 Å². The van der Waals surface area contributed by atoms with E-state index in [1.54, 1.807) is 44.5 Å². The molecule has 2 aliphatic carbocycles. The highest BCUT2D eigenvalue weighted by Gasteiger charge is 2.47. The van der Waals surface area contributed by atoms with E-state index in [1.165, 1.54) is 235 Å². The van der Waals surface area contributed by atoms with Crippen molar-refractivity contribution in [2.45, 2.75) is 246 Å². The fourth-order valence-corrected chi connectivity index (χ4v) is 14.5. The fraction of sp³-hybridized carbons (Fsp3) is 0.543. The first kappa shape index (κ1) is 52.2. The van der Waals surface area contributed by atoms with E-state index in [-0.39, 0.29) is 10.8 Å². The van der Waals surface area contributed by atoms with Gasteiger partial charge in [-0.25, -0.2) is 0 Å². The van der Waals surface area contributed by atoms with Crippen molar-refractivity contribution in [2.24, 2.45) is 0 Å². The molecular weight excluding hydrogens is 841 g/mol. The lowest BCUT2D eigenvalue weighted by atomic mass is 9.67. The molecule has 0 heteroatoms. The van der Waals surface area contributed by atoms with Crippen LogP contribution in [0.3, 0.4) is 0 Å². The van der Waals surface area contributed by atoms with E-state index >= 15 is 0 Å². The molecule has 0 N–H and O–H groups in total. The van der Waals surface area contributed by atoms with Crippen LogP contribution in [0.2, 0.25) is 0 Å². The van der Waals surface area contributed by atoms with Crippen LogP contribution in [0.4, 0.5) is 0 Å². The molecule has 0 bridgehead atoms. The van der Waals surface area contributed by atoms with Gasteiger partial charge in [0.15, 0.2) is 0 Å². The largest absolute Gasteiger partial charge is 0.0654 e. The number of hydrogen-bond acceptors (Lipinski definition) is 0. The van der Waals surface area contributed by atoms with Gasteiger partial charge in [0, 0.05) is 10.8 Å². The molecule has 0 saturated heterocycles. The summed E-state index contributed by atoms with van der Waals surface area (Å²) in [5.74, 6) is 0. The lowest BCUT2D eigenvalue weighted by Gasteiger charge is -2.36. The summed E-state index contributed by atoms with van der Waals surface area (Å²) in [6, 6.07) is 34.5. The van der Waals surface area contributed by atoms with Crippen LogP contribution in [0.25, 0.3) is 54.9 Å². The topological polar surface area (TPSA) is 0 Å².